The molecular weight excluding hydrogens is 452 g/mol. The van der Waals surface area contributed by atoms with Crippen molar-refractivity contribution in [1.29, 1.82) is 0 Å². The van der Waals surface area contributed by atoms with Crippen LogP contribution in [0.2, 0.25) is 0 Å². The molecule has 3 aromatic rings. The Bertz CT molecular complexity index is 1430. The van der Waals surface area contributed by atoms with Crippen LogP contribution in [0.4, 0.5) is 23.0 Å². The van der Waals surface area contributed by atoms with E-state index in [1.165, 1.54) is 55.5 Å². The molecule has 37 heavy (non-hydrogen) atoms. The third kappa shape index (κ3) is 3.27. The van der Waals surface area contributed by atoms with Crippen molar-refractivity contribution in [3.63, 3.8) is 0 Å². The topological polar surface area (TPSA) is 32.3 Å². The van der Waals surface area contributed by atoms with Crippen LogP contribution in [-0.2, 0) is 5.41 Å². The van der Waals surface area contributed by atoms with Gasteiger partial charge in [0.05, 0.1) is 10.7 Å². The van der Waals surface area contributed by atoms with Gasteiger partial charge in [-0.2, -0.15) is 0 Å². The van der Waals surface area contributed by atoms with Crippen molar-refractivity contribution < 1.29 is 0 Å². The van der Waals surface area contributed by atoms with E-state index in [9.17, 15) is 0 Å². The van der Waals surface area contributed by atoms with Gasteiger partial charge in [0.2, 0.25) is 0 Å². The first kappa shape index (κ1) is 24.2. The minimum absolute atomic E-state index is 0.0799. The van der Waals surface area contributed by atoms with Crippen molar-refractivity contribution in [1.82, 2.24) is 9.97 Å². The summed E-state index contributed by atoms with van der Waals surface area (Å²) >= 11 is 0. The second-order valence-electron chi connectivity index (χ2n) is 11.4. The predicted octanol–water partition coefficient (Wildman–Crippen LogP) is 6.96. The Morgan fingerprint density at radius 1 is 0.784 bits per heavy atom. The fraction of sp³-hybridized carbons (Fsp3) is 0.455. The normalized spacial score (nSPS) is 28.1. The van der Waals surface area contributed by atoms with E-state index < -0.39 is 0 Å². The van der Waals surface area contributed by atoms with Gasteiger partial charge in [-0.1, -0.05) is 101 Å². The van der Waals surface area contributed by atoms with Gasteiger partial charge in [-0.15, -0.1) is 0 Å². The molecule has 0 saturated heterocycles. The lowest BCUT2D eigenvalue weighted by Gasteiger charge is -2.44. The fourth-order valence-corrected chi connectivity index (χ4v) is 7.70. The van der Waals surface area contributed by atoms with E-state index in [2.05, 4.69) is 111 Å². The van der Waals surface area contributed by atoms with Crippen molar-refractivity contribution >= 4 is 35.2 Å². The Hall–Kier alpha value is -3.14. The smallest absolute Gasteiger partial charge is 0.179 e. The number of fused-ring (bicyclic) bond motifs is 8. The molecule has 3 aliphatic rings. The van der Waals surface area contributed by atoms with E-state index in [1.54, 1.807) is 0 Å². The molecule has 1 aromatic heterocycles. The van der Waals surface area contributed by atoms with Crippen LogP contribution in [0.25, 0.3) is 12.2 Å². The number of benzene rings is 2. The lowest BCUT2D eigenvalue weighted by atomic mass is 9.81. The number of para-hydroxylation sites is 2. The lowest BCUT2D eigenvalue weighted by Crippen LogP contribution is -2.50. The number of aromatic nitrogens is 2. The maximum atomic E-state index is 5.26. The standard InChI is InChI=1S/C33H40N4/c1-6-9-10-11-15-22-28-32(4)24-20-16-17-21-27(24)37-30-29(34-25(7-2)26(8-3)35-30)36(31(37)33(28,32)5)23-18-13-12-14-19-23/h7-8,12-14,16-21,28,31H,6,9-11,15,22H2,1-5H3/b25-7+,26-8+. The first-order valence-electron chi connectivity index (χ1n) is 14.3. The summed E-state index contributed by atoms with van der Waals surface area (Å²) in [6.45, 7) is 11.5. The Balaban J connectivity index is 1.55. The molecule has 0 spiro atoms. The molecule has 0 radical (unpaired) electrons. The zero-order chi connectivity index (χ0) is 25.8. The number of anilines is 4. The van der Waals surface area contributed by atoms with Gasteiger partial charge in [-0.3, -0.25) is 0 Å². The summed E-state index contributed by atoms with van der Waals surface area (Å²) in [5.74, 6) is 2.58. The van der Waals surface area contributed by atoms with Gasteiger partial charge in [0, 0.05) is 22.2 Å². The predicted molar refractivity (Wildman–Crippen MR) is 155 cm³/mol. The minimum atomic E-state index is 0.0799. The SMILES string of the molecule is C/C=c1/nc2c(n/c1=C/C)N1c3ccccc3C3(C)C(CCCCCCC)C3(C)C1N2c1ccccc1. The summed E-state index contributed by atoms with van der Waals surface area (Å²) in [7, 11) is 0. The van der Waals surface area contributed by atoms with Gasteiger partial charge in [0.15, 0.2) is 11.6 Å². The van der Waals surface area contributed by atoms with Gasteiger partial charge >= 0.3 is 0 Å². The summed E-state index contributed by atoms with van der Waals surface area (Å²) in [6.07, 6.45) is 12.2. The van der Waals surface area contributed by atoms with Crippen LogP contribution in [0.1, 0.15) is 78.7 Å². The molecule has 0 amide bonds. The largest absolute Gasteiger partial charge is 0.301 e. The Kier molecular flexibility index (Phi) is 5.89. The van der Waals surface area contributed by atoms with Crippen molar-refractivity contribution in [2.75, 3.05) is 9.80 Å². The van der Waals surface area contributed by atoms with E-state index in [1.807, 2.05) is 0 Å². The van der Waals surface area contributed by atoms with Crippen LogP contribution in [-0.4, -0.2) is 16.1 Å². The van der Waals surface area contributed by atoms with Gasteiger partial charge in [-0.25, -0.2) is 9.97 Å². The molecule has 1 fully saturated rings. The Morgan fingerprint density at radius 2 is 1.41 bits per heavy atom. The van der Waals surface area contributed by atoms with Gasteiger partial charge < -0.3 is 9.80 Å². The molecule has 0 N–H and O–H groups in total. The summed E-state index contributed by atoms with van der Waals surface area (Å²) < 4.78 is 0. The molecule has 3 heterocycles. The van der Waals surface area contributed by atoms with E-state index in [4.69, 9.17) is 9.97 Å². The van der Waals surface area contributed by atoms with E-state index >= 15 is 0 Å². The molecule has 2 aromatic carbocycles. The molecule has 2 aliphatic heterocycles. The van der Waals surface area contributed by atoms with E-state index in [0.29, 0.717) is 5.92 Å². The highest BCUT2D eigenvalue weighted by atomic mass is 15.5. The zero-order valence-corrected chi connectivity index (χ0v) is 23.0. The average molecular weight is 493 g/mol. The average Bonchev–Trinajstić information content (AvgIpc) is 3.25. The fourth-order valence-electron chi connectivity index (χ4n) is 7.70. The molecule has 4 nitrogen and oxygen atoms in total. The molecular formula is C33H40N4. The second-order valence-corrected chi connectivity index (χ2v) is 11.4. The van der Waals surface area contributed by atoms with Crippen molar-refractivity contribution in [2.24, 2.45) is 11.3 Å². The van der Waals surface area contributed by atoms with Crippen molar-refractivity contribution in [3.05, 3.63) is 70.9 Å². The number of rotatable bonds is 7. The number of hydrogen-bond acceptors (Lipinski definition) is 4. The summed E-state index contributed by atoms with van der Waals surface area (Å²) in [6, 6.07) is 19.9. The van der Waals surface area contributed by atoms with Gasteiger partial charge in [0.25, 0.3) is 0 Å². The molecule has 1 saturated carbocycles. The molecule has 1 aliphatic carbocycles. The molecule has 4 unspecified atom stereocenters. The summed E-state index contributed by atoms with van der Waals surface area (Å²) in [4.78, 5) is 15.5. The van der Waals surface area contributed by atoms with Crippen LogP contribution in [0.3, 0.4) is 0 Å². The van der Waals surface area contributed by atoms with Gasteiger partial charge in [0.1, 0.15) is 6.17 Å². The van der Waals surface area contributed by atoms with Gasteiger partial charge in [-0.05, 0) is 49.9 Å². The van der Waals surface area contributed by atoms with Crippen LogP contribution < -0.4 is 20.5 Å². The molecule has 6 rings (SSSR count). The highest BCUT2D eigenvalue weighted by molar-refractivity contribution is 5.88. The van der Waals surface area contributed by atoms with E-state index in [0.717, 1.165) is 22.3 Å². The maximum absolute atomic E-state index is 5.26. The summed E-state index contributed by atoms with van der Waals surface area (Å²) in [5, 5.41) is 1.90. The molecule has 4 atom stereocenters. The third-order valence-corrected chi connectivity index (χ3v) is 9.75. The number of unbranched alkanes of at least 4 members (excludes halogenated alkanes) is 4. The van der Waals surface area contributed by atoms with Crippen LogP contribution >= 0.6 is 0 Å². The molecule has 0 bridgehead atoms. The zero-order valence-electron chi connectivity index (χ0n) is 23.0. The summed E-state index contributed by atoms with van der Waals surface area (Å²) in [5.41, 5.74) is 4.17. The molecule has 192 valence electrons. The van der Waals surface area contributed by atoms with E-state index in [-0.39, 0.29) is 17.0 Å². The van der Waals surface area contributed by atoms with Crippen LogP contribution in [0.15, 0.2) is 54.6 Å². The Labute approximate surface area is 221 Å². The highest BCUT2D eigenvalue weighted by Gasteiger charge is 2.79. The number of nitrogens with zero attached hydrogens (tertiary/aromatic N) is 4. The van der Waals surface area contributed by atoms with Crippen LogP contribution in [0.5, 0.6) is 0 Å². The maximum Gasteiger partial charge on any atom is 0.179 e. The first-order valence-corrected chi connectivity index (χ1v) is 14.3. The van der Waals surface area contributed by atoms with Crippen LogP contribution in [0, 0.1) is 11.3 Å². The minimum Gasteiger partial charge on any atom is -0.301 e. The molecule has 4 heteroatoms. The number of hydrogen-bond donors (Lipinski definition) is 0. The first-order chi connectivity index (χ1) is 18.0. The third-order valence-electron chi connectivity index (χ3n) is 9.75. The highest BCUT2D eigenvalue weighted by Crippen LogP contribution is 2.79. The quantitative estimate of drug-likeness (QED) is 0.334. The lowest BCUT2D eigenvalue weighted by molar-refractivity contribution is 0.354. The monoisotopic (exact) mass is 492 g/mol. The Morgan fingerprint density at radius 3 is 2.08 bits per heavy atom. The second kappa shape index (κ2) is 9.01. The van der Waals surface area contributed by atoms with Crippen molar-refractivity contribution in [3.8, 4) is 0 Å². The van der Waals surface area contributed by atoms with Crippen molar-refractivity contribution in [2.45, 2.75) is 84.7 Å².